The first-order valence-electron chi connectivity index (χ1n) is 5.88. The van der Waals surface area contributed by atoms with E-state index in [1.54, 1.807) is 19.2 Å². The number of hydrogen-bond acceptors (Lipinski definition) is 3. The molecule has 0 radical (unpaired) electrons. The largest absolute Gasteiger partial charge is 0.508 e. The molecular formula is C13H19NO2. The molecule has 0 saturated carbocycles. The summed E-state index contributed by atoms with van der Waals surface area (Å²) < 4.78 is 5.17. The summed E-state index contributed by atoms with van der Waals surface area (Å²) in [6.45, 7) is 3.09. The summed E-state index contributed by atoms with van der Waals surface area (Å²) in [5.74, 6) is 1.18. The molecule has 1 N–H and O–H groups in total. The third-order valence-corrected chi connectivity index (χ3v) is 3.13. The number of phenols is 1. The topological polar surface area (TPSA) is 32.7 Å². The molecule has 0 aliphatic carbocycles. The maximum Gasteiger partial charge on any atom is 0.120 e. The van der Waals surface area contributed by atoms with Crippen LogP contribution in [0.15, 0.2) is 18.2 Å². The monoisotopic (exact) mass is 221 g/mol. The van der Waals surface area contributed by atoms with Crippen LogP contribution in [0.3, 0.4) is 0 Å². The Morgan fingerprint density at radius 1 is 1.25 bits per heavy atom. The minimum atomic E-state index is 0.367. The van der Waals surface area contributed by atoms with Crippen LogP contribution < -0.4 is 4.74 Å². The second-order valence-corrected chi connectivity index (χ2v) is 4.33. The molecule has 0 bridgehead atoms. The number of piperidine rings is 1. The van der Waals surface area contributed by atoms with Crippen molar-refractivity contribution < 1.29 is 9.84 Å². The Morgan fingerprint density at radius 2 is 2.00 bits per heavy atom. The summed E-state index contributed by atoms with van der Waals surface area (Å²) in [5.41, 5.74) is 0.959. The van der Waals surface area contributed by atoms with Gasteiger partial charge in [0.25, 0.3) is 0 Å². The van der Waals surface area contributed by atoms with Gasteiger partial charge in [-0.2, -0.15) is 0 Å². The molecule has 1 aromatic rings. The Labute approximate surface area is 96.6 Å². The first kappa shape index (κ1) is 11.3. The van der Waals surface area contributed by atoms with Gasteiger partial charge in [0.05, 0.1) is 7.11 Å². The highest BCUT2D eigenvalue weighted by molar-refractivity contribution is 5.39. The number of rotatable bonds is 3. The van der Waals surface area contributed by atoms with Crippen molar-refractivity contribution in [1.29, 1.82) is 0 Å². The fourth-order valence-electron chi connectivity index (χ4n) is 2.17. The van der Waals surface area contributed by atoms with Gasteiger partial charge in [0.2, 0.25) is 0 Å². The number of methoxy groups -OCH3 is 1. The Bertz CT molecular complexity index is 346. The van der Waals surface area contributed by atoms with Crippen molar-refractivity contribution in [3.05, 3.63) is 23.8 Å². The van der Waals surface area contributed by atoms with Gasteiger partial charge < -0.3 is 9.84 Å². The lowest BCUT2D eigenvalue weighted by Crippen LogP contribution is -2.29. The van der Waals surface area contributed by atoms with Crippen LogP contribution >= 0.6 is 0 Å². The van der Waals surface area contributed by atoms with E-state index in [2.05, 4.69) is 4.90 Å². The van der Waals surface area contributed by atoms with Crippen molar-refractivity contribution in [2.75, 3.05) is 20.2 Å². The van der Waals surface area contributed by atoms with Gasteiger partial charge in [-0.3, -0.25) is 4.90 Å². The maximum atomic E-state index is 9.78. The van der Waals surface area contributed by atoms with Crippen LogP contribution in [-0.2, 0) is 6.54 Å². The summed E-state index contributed by atoms with van der Waals surface area (Å²) in [6.07, 6.45) is 3.87. The van der Waals surface area contributed by atoms with Crippen molar-refractivity contribution in [1.82, 2.24) is 4.90 Å². The number of phenolic OH excluding ortho intramolecular Hbond substituents is 1. The van der Waals surface area contributed by atoms with Gasteiger partial charge in [-0.05, 0) is 44.1 Å². The molecule has 0 unspecified atom stereocenters. The van der Waals surface area contributed by atoms with E-state index in [1.807, 2.05) is 6.07 Å². The van der Waals surface area contributed by atoms with Gasteiger partial charge in [-0.1, -0.05) is 6.42 Å². The maximum absolute atomic E-state index is 9.78. The molecule has 1 saturated heterocycles. The van der Waals surface area contributed by atoms with Crippen LogP contribution in [0.2, 0.25) is 0 Å². The smallest absolute Gasteiger partial charge is 0.120 e. The van der Waals surface area contributed by atoms with Crippen molar-refractivity contribution in [3.8, 4) is 11.5 Å². The molecule has 1 aromatic carbocycles. The van der Waals surface area contributed by atoms with Gasteiger partial charge in [0.1, 0.15) is 11.5 Å². The van der Waals surface area contributed by atoms with E-state index in [4.69, 9.17) is 4.74 Å². The number of benzene rings is 1. The van der Waals surface area contributed by atoms with Gasteiger partial charge in [0.15, 0.2) is 0 Å². The van der Waals surface area contributed by atoms with E-state index in [0.29, 0.717) is 5.75 Å². The number of nitrogens with zero attached hydrogens (tertiary/aromatic N) is 1. The van der Waals surface area contributed by atoms with E-state index in [9.17, 15) is 5.11 Å². The molecule has 0 atom stereocenters. The molecule has 3 nitrogen and oxygen atoms in total. The lowest BCUT2D eigenvalue weighted by Gasteiger charge is -2.26. The average molecular weight is 221 g/mol. The molecule has 1 aliphatic rings. The van der Waals surface area contributed by atoms with Gasteiger partial charge in [-0.15, -0.1) is 0 Å². The van der Waals surface area contributed by atoms with Crippen LogP contribution in [0.4, 0.5) is 0 Å². The highest BCUT2D eigenvalue weighted by Gasteiger charge is 2.12. The number of likely N-dealkylation sites (tertiary alicyclic amines) is 1. The van der Waals surface area contributed by atoms with Crippen molar-refractivity contribution >= 4 is 0 Å². The molecule has 16 heavy (non-hydrogen) atoms. The fraction of sp³-hybridized carbons (Fsp3) is 0.538. The van der Waals surface area contributed by atoms with E-state index in [1.165, 1.54) is 19.3 Å². The molecule has 0 aromatic heterocycles. The minimum absolute atomic E-state index is 0.367. The van der Waals surface area contributed by atoms with E-state index in [0.717, 1.165) is 30.9 Å². The van der Waals surface area contributed by atoms with Crippen LogP contribution in [-0.4, -0.2) is 30.2 Å². The summed E-state index contributed by atoms with van der Waals surface area (Å²) >= 11 is 0. The molecule has 1 aliphatic heterocycles. The third kappa shape index (κ3) is 2.67. The SMILES string of the molecule is COc1ccc(O)c(CN2CCCCC2)c1. The summed E-state index contributed by atoms with van der Waals surface area (Å²) in [4.78, 5) is 2.39. The van der Waals surface area contributed by atoms with Crippen molar-refractivity contribution in [2.24, 2.45) is 0 Å². The third-order valence-electron chi connectivity index (χ3n) is 3.13. The Kier molecular flexibility index (Phi) is 3.67. The molecule has 88 valence electrons. The van der Waals surface area contributed by atoms with E-state index < -0.39 is 0 Å². The standard InChI is InChI=1S/C13H19NO2/c1-16-12-5-6-13(15)11(9-12)10-14-7-3-2-4-8-14/h5-6,9,15H,2-4,7-8,10H2,1H3. The molecule has 1 fully saturated rings. The van der Waals surface area contributed by atoms with Crippen molar-refractivity contribution in [2.45, 2.75) is 25.8 Å². The molecular weight excluding hydrogens is 202 g/mol. The first-order chi connectivity index (χ1) is 7.79. The van der Waals surface area contributed by atoms with Gasteiger partial charge >= 0.3 is 0 Å². The Morgan fingerprint density at radius 3 is 2.69 bits per heavy atom. The van der Waals surface area contributed by atoms with Crippen LogP contribution in [0, 0.1) is 0 Å². The quantitative estimate of drug-likeness (QED) is 0.850. The lowest BCUT2D eigenvalue weighted by molar-refractivity contribution is 0.218. The zero-order valence-electron chi connectivity index (χ0n) is 9.78. The predicted molar refractivity (Wildman–Crippen MR) is 63.8 cm³/mol. The second kappa shape index (κ2) is 5.21. The normalized spacial score (nSPS) is 17.3. The van der Waals surface area contributed by atoms with Crippen molar-refractivity contribution in [3.63, 3.8) is 0 Å². The number of hydrogen-bond donors (Lipinski definition) is 1. The Hall–Kier alpha value is -1.22. The molecule has 0 spiro atoms. The molecule has 0 amide bonds. The highest BCUT2D eigenvalue weighted by atomic mass is 16.5. The second-order valence-electron chi connectivity index (χ2n) is 4.33. The minimum Gasteiger partial charge on any atom is -0.508 e. The fourth-order valence-corrected chi connectivity index (χ4v) is 2.17. The molecule has 2 rings (SSSR count). The van der Waals surface area contributed by atoms with Gasteiger partial charge in [0, 0.05) is 12.1 Å². The summed E-state index contributed by atoms with van der Waals surface area (Å²) in [5, 5.41) is 9.78. The zero-order valence-corrected chi connectivity index (χ0v) is 9.78. The lowest BCUT2D eigenvalue weighted by atomic mass is 10.1. The molecule has 3 heteroatoms. The van der Waals surface area contributed by atoms with Crippen LogP contribution in [0.5, 0.6) is 11.5 Å². The van der Waals surface area contributed by atoms with Gasteiger partial charge in [-0.25, -0.2) is 0 Å². The zero-order chi connectivity index (χ0) is 11.4. The summed E-state index contributed by atoms with van der Waals surface area (Å²) in [7, 11) is 1.65. The van der Waals surface area contributed by atoms with Crippen LogP contribution in [0.25, 0.3) is 0 Å². The summed E-state index contributed by atoms with van der Waals surface area (Å²) in [6, 6.07) is 5.41. The first-order valence-corrected chi connectivity index (χ1v) is 5.88. The number of ether oxygens (including phenoxy) is 1. The average Bonchev–Trinajstić information content (AvgIpc) is 2.33. The number of aromatic hydroxyl groups is 1. The Balaban J connectivity index is 2.06. The van der Waals surface area contributed by atoms with Crippen LogP contribution in [0.1, 0.15) is 24.8 Å². The van der Waals surface area contributed by atoms with E-state index >= 15 is 0 Å². The molecule has 1 heterocycles. The highest BCUT2D eigenvalue weighted by Crippen LogP contribution is 2.25. The predicted octanol–water partition coefficient (Wildman–Crippen LogP) is 2.39. The van der Waals surface area contributed by atoms with E-state index in [-0.39, 0.29) is 0 Å².